The first-order chi connectivity index (χ1) is 9.69. The van der Waals surface area contributed by atoms with Crippen LogP contribution >= 0.6 is 15.9 Å². The Morgan fingerprint density at radius 2 is 2.15 bits per heavy atom. The van der Waals surface area contributed by atoms with Crippen molar-refractivity contribution < 1.29 is 4.74 Å². The molecule has 112 valence electrons. The van der Waals surface area contributed by atoms with Gasteiger partial charge in [-0.15, -0.1) is 0 Å². The molecule has 1 aromatic rings. The van der Waals surface area contributed by atoms with Crippen LogP contribution in [0.25, 0.3) is 0 Å². The first kappa shape index (κ1) is 16.0. The Morgan fingerprint density at radius 3 is 2.80 bits per heavy atom. The van der Waals surface area contributed by atoms with Crippen molar-refractivity contribution in [3.63, 3.8) is 0 Å². The van der Waals surface area contributed by atoms with Crippen LogP contribution in [0.4, 0.5) is 0 Å². The standard InChI is InChI=1S/C17H26BrNO/c1-3-19-12-14(11-16-9-8-13(2)20-16)10-15-6-4-5-7-17(15)18/h4-7,13-14,16,19H,3,8-12H2,1-2H3. The summed E-state index contributed by atoms with van der Waals surface area (Å²) >= 11 is 3.66. The van der Waals surface area contributed by atoms with Crippen molar-refractivity contribution in [2.45, 2.75) is 51.7 Å². The fourth-order valence-electron chi connectivity index (χ4n) is 2.99. The minimum atomic E-state index is 0.447. The number of ether oxygens (including phenoxy) is 1. The summed E-state index contributed by atoms with van der Waals surface area (Å²) in [7, 11) is 0. The van der Waals surface area contributed by atoms with Gasteiger partial charge in [0.25, 0.3) is 0 Å². The molecule has 0 aromatic heterocycles. The van der Waals surface area contributed by atoms with Gasteiger partial charge in [0.05, 0.1) is 12.2 Å². The van der Waals surface area contributed by atoms with E-state index in [-0.39, 0.29) is 0 Å². The predicted molar refractivity (Wildman–Crippen MR) is 88.1 cm³/mol. The maximum atomic E-state index is 6.00. The van der Waals surface area contributed by atoms with E-state index in [4.69, 9.17) is 4.74 Å². The van der Waals surface area contributed by atoms with Gasteiger partial charge in [-0.05, 0) is 63.2 Å². The molecule has 1 heterocycles. The normalized spacial score (nSPS) is 23.9. The number of hydrogen-bond acceptors (Lipinski definition) is 2. The molecule has 0 spiro atoms. The van der Waals surface area contributed by atoms with Gasteiger partial charge in [-0.1, -0.05) is 41.1 Å². The molecule has 20 heavy (non-hydrogen) atoms. The second-order valence-corrected chi connectivity index (χ2v) is 6.71. The van der Waals surface area contributed by atoms with Crippen LogP contribution in [0.15, 0.2) is 28.7 Å². The first-order valence-electron chi connectivity index (χ1n) is 7.78. The molecule has 0 radical (unpaired) electrons. The molecule has 0 bridgehead atoms. The van der Waals surface area contributed by atoms with Crippen LogP contribution in [-0.4, -0.2) is 25.3 Å². The van der Waals surface area contributed by atoms with Crippen molar-refractivity contribution in [2.24, 2.45) is 5.92 Å². The molecule has 3 unspecified atom stereocenters. The number of hydrogen-bond donors (Lipinski definition) is 1. The molecular weight excluding hydrogens is 314 g/mol. The third-order valence-electron chi connectivity index (χ3n) is 4.07. The summed E-state index contributed by atoms with van der Waals surface area (Å²) in [4.78, 5) is 0. The van der Waals surface area contributed by atoms with Gasteiger partial charge in [0, 0.05) is 4.47 Å². The minimum absolute atomic E-state index is 0.447. The molecule has 1 N–H and O–H groups in total. The van der Waals surface area contributed by atoms with E-state index in [0.717, 1.165) is 19.5 Å². The van der Waals surface area contributed by atoms with Crippen molar-refractivity contribution in [3.05, 3.63) is 34.3 Å². The third-order valence-corrected chi connectivity index (χ3v) is 4.84. The topological polar surface area (TPSA) is 21.3 Å². The molecular formula is C17H26BrNO. The largest absolute Gasteiger partial charge is 0.375 e. The van der Waals surface area contributed by atoms with Gasteiger partial charge in [0.2, 0.25) is 0 Å². The quantitative estimate of drug-likeness (QED) is 0.804. The lowest BCUT2D eigenvalue weighted by atomic mass is 9.92. The van der Waals surface area contributed by atoms with Crippen LogP contribution in [0, 0.1) is 5.92 Å². The maximum Gasteiger partial charge on any atom is 0.0583 e. The van der Waals surface area contributed by atoms with Crippen LogP contribution in [0.3, 0.4) is 0 Å². The molecule has 1 aliphatic rings. The molecule has 1 aliphatic heterocycles. The maximum absolute atomic E-state index is 6.00. The molecule has 0 amide bonds. The monoisotopic (exact) mass is 339 g/mol. The Kier molecular flexibility index (Phi) is 6.53. The lowest BCUT2D eigenvalue weighted by Gasteiger charge is -2.22. The predicted octanol–water partition coefficient (Wildman–Crippen LogP) is 4.17. The highest BCUT2D eigenvalue weighted by Gasteiger charge is 2.25. The Labute approximate surface area is 131 Å². The highest BCUT2D eigenvalue weighted by molar-refractivity contribution is 9.10. The second kappa shape index (κ2) is 8.16. The van der Waals surface area contributed by atoms with E-state index >= 15 is 0 Å². The van der Waals surface area contributed by atoms with E-state index in [1.54, 1.807) is 0 Å². The number of nitrogens with one attached hydrogen (secondary N) is 1. The summed E-state index contributed by atoms with van der Waals surface area (Å²) in [5, 5.41) is 3.50. The highest BCUT2D eigenvalue weighted by atomic mass is 79.9. The van der Waals surface area contributed by atoms with Crippen molar-refractivity contribution in [1.29, 1.82) is 0 Å². The SMILES string of the molecule is CCNCC(Cc1ccccc1Br)CC1CCC(C)O1. The molecule has 3 heteroatoms. The molecule has 0 aliphatic carbocycles. The molecule has 2 nitrogen and oxygen atoms in total. The fraction of sp³-hybridized carbons (Fsp3) is 0.647. The zero-order valence-electron chi connectivity index (χ0n) is 12.6. The molecule has 2 rings (SSSR count). The van der Waals surface area contributed by atoms with Crippen molar-refractivity contribution in [1.82, 2.24) is 5.32 Å². The smallest absolute Gasteiger partial charge is 0.0583 e. The van der Waals surface area contributed by atoms with Gasteiger partial charge in [-0.2, -0.15) is 0 Å². The van der Waals surface area contributed by atoms with Crippen LogP contribution in [0.5, 0.6) is 0 Å². The average Bonchev–Trinajstić information content (AvgIpc) is 2.84. The molecule has 1 aromatic carbocycles. The van der Waals surface area contributed by atoms with E-state index in [2.05, 4.69) is 59.4 Å². The van der Waals surface area contributed by atoms with Crippen LogP contribution in [-0.2, 0) is 11.2 Å². The molecule has 3 atom stereocenters. The summed E-state index contributed by atoms with van der Waals surface area (Å²) < 4.78 is 7.22. The minimum Gasteiger partial charge on any atom is -0.375 e. The van der Waals surface area contributed by atoms with Crippen LogP contribution < -0.4 is 5.32 Å². The average molecular weight is 340 g/mol. The third kappa shape index (κ3) is 4.87. The van der Waals surface area contributed by atoms with Crippen molar-refractivity contribution in [3.8, 4) is 0 Å². The summed E-state index contributed by atoms with van der Waals surface area (Å²) in [6, 6.07) is 8.56. The summed E-state index contributed by atoms with van der Waals surface area (Å²) in [6.45, 7) is 6.47. The highest BCUT2D eigenvalue weighted by Crippen LogP contribution is 2.27. The first-order valence-corrected chi connectivity index (χ1v) is 8.58. The van der Waals surface area contributed by atoms with Crippen LogP contribution in [0.2, 0.25) is 0 Å². The lowest BCUT2D eigenvalue weighted by Crippen LogP contribution is -2.27. The Bertz CT molecular complexity index is 410. The van der Waals surface area contributed by atoms with Crippen LogP contribution in [0.1, 0.15) is 38.7 Å². The van der Waals surface area contributed by atoms with Gasteiger partial charge in [-0.25, -0.2) is 0 Å². The number of rotatable bonds is 7. The van der Waals surface area contributed by atoms with Gasteiger partial charge < -0.3 is 10.1 Å². The van der Waals surface area contributed by atoms with Crippen molar-refractivity contribution >= 4 is 15.9 Å². The second-order valence-electron chi connectivity index (χ2n) is 5.85. The molecule has 0 saturated carbocycles. The van der Waals surface area contributed by atoms with E-state index in [0.29, 0.717) is 18.1 Å². The summed E-state index contributed by atoms with van der Waals surface area (Å²) in [6.07, 6.45) is 5.62. The molecule has 1 fully saturated rings. The van der Waals surface area contributed by atoms with E-state index < -0.39 is 0 Å². The summed E-state index contributed by atoms with van der Waals surface area (Å²) in [5.74, 6) is 0.643. The zero-order valence-corrected chi connectivity index (χ0v) is 14.2. The lowest BCUT2D eigenvalue weighted by molar-refractivity contribution is 0.0408. The number of halogens is 1. The van der Waals surface area contributed by atoms with Gasteiger partial charge in [0.1, 0.15) is 0 Å². The van der Waals surface area contributed by atoms with Gasteiger partial charge >= 0.3 is 0 Å². The van der Waals surface area contributed by atoms with Gasteiger partial charge in [-0.3, -0.25) is 0 Å². The Morgan fingerprint density at radius 1 is 1.35 bits per heavy atom. The number of benzene rings is 1. The van der Waals surface area contributed by atoms with E-state index in [1.807, 2.05) is 0 Å². The van der Waals surface area contributed by atoms with Crippen molar-refractivity contribution in [2.75, 3.05) is 13.1 Å². The summed E-state index contributed by atoms with van der Waals surface area (Å²) in [5.41, 5.74) is 1.40. The van der Waals surface area contributed by atoms with E-state index in [1.165, 1.54) is 29.3 Å². The molecule has 1 saturated heterocycles. The Balaban J connectivity index is 1.94. The van der Waals surface area contributed by atoms with E-state index in [9.17, 15) is 0 Å². The zero-order chi connectivity index (χ0) is 14.4. The fourth-order valence-corrected chi connectivity index (χ4v) is 3.44. The van der Waals surface area contributed by atoms with Gasteiger partial charge in [0.15, 0.2) is 0 Å². The Hall–Kier alpha value is -0.380.